The highest BCUT2D eigenvalue weighted by Crippen LogP contribution is 2.65. The van der Waals surface area contributed by atoms with Gasteiger partial charge in [-0.25, -0.2) is 4.90 Å². The second-order valence-corrected chi connectivity index (χ2v) is 16.8. The van der Waals surface area contributed by atoms with E-state index in [4.69, 9.17) is 21.1 Å². The van der Waals surface area contributed by atoms with Crippen molar-refractivity contribution < 1.29 is 33.8 Å². The maximum atomic E-state index is 15.7. The molecule has 6 aromatic carbocycles. The number of carbonyl (C=O) groups excluding carboxylic acids is 4. The van der Waals surface area contributed by atoms with E-state index in [1.54, 1.807) is 56.7 Å². The van der Waals surface area contributed by atoms with E-state index in [9.17, 15) is 14.7 Å². The number of hydrogen-bond acceptors (Lipinski definition) is 7. The molecule has 2 aliphatic heterocycles. The second-order valence-electron chi connectivity index (χ2n) is 16.4. The normalized spacial score (nSPS) is 24.3. The number of aromatic hydroxyl groups is 1. The van der Waals surface area contributed by atoms with Crippen LogP contribution in [-0.2, 0) is 24.6 Å². The molecule has 0 unspecified atom stereocenters. The number of phenolic OH excluding ortho intramolecular Hbond substituents is 1. The van der Waals surface area contributed by atoms with Crippen molar-refractivity contribution in [3.05, 3.63) is 172 Å². The Labute approximate surface area is 363 Å². The minimum absolute atomic E-state index is 0.0860. The Bertz CT molecular complexity index is 2890. The molecule has 6 atom stereocenters. The van der Waals surface area contributed by atoms with Crippen LogP contribution in [0, 0.1) is 23.7 Å². The molecule has 0 spiro atoms. The van der Waals surface area contributed by atoms with E-state index >= 15 is 9.59 Å². The molecule has 62 heavy (non-hydrogen) atoms. The number of fused-ring (bicyclic) bond motifs is 5. The fourth-order valence-electron chi connectivity index (χ4n) is 10.8. The van der Waals surface area contributed by atoms with E-state index in [1.807, 2.05) is 109 Å². The molecule has 10 rings (SSSR count). The third-order valence-corrected chi connectivity index (χ3v) is 13.7. The van der Waals surface area contributed by atoms with Crippen LogP contribution >= 0.6 is 11.6 Å². The minimum atomic E-state index is -1.45. The van der Waals surface area contributed by atoms with Crippen molar-refractivity contribution in [1.29, 1.82) is 0 Å². The van der Waals surface area contributed by atoms with Crippen LogP contribution in [0.15, 0.2) is 145 Å². The maximum Gasteiger partial charge on any atom is 0.246 e. The van der Waals surface area contributed by atoms with Crippen LogP contribution in [0.2, 0.25) is 5.02 Å². The minimum Gasteiger partial charge on any atom is -0.507 e. The molecule has 2 aliphatic carbocycles. The molecule has 308 valence electrons. The van der Waals surface area contributed by atoms with Gasteiger partial charge in [0.25, 0.3) is 0 Å². The molecule has 2 saturated heterocycles. The summed E-state index contributed by atoms with van der Waals surface area (Å²) in [6, 6.07) is 39.9. The van der Waals surface area contributed by atoms with E-state index in [0.29, 0.717) is 38.8 Å². The first-order chi connectivity index (χ1) is 30.1. The maximum absolute atomic E-state index is 15.7. The average molecular weight is 841 g/mol. The fraction of sp³-hybridized carbons (Fsp3) is 0.192. The quantitative estimate of drug-likeness (QED) is 0.0923. The van der Waals surface area contributed by atoms with Crippen LogP contribution in [0.3, 0.4) is 0 Å². The SMILES string of the molecule is COc1ccc(OC)c(C=Cc2ccc(N3C(=O)[C@H]4[C@H](CC=C5[C@H]4C[C@H]4C(=O)N(c6cccc(Cl)c6)C(=O)[C@@]4(c4ccccc4)[C@H]5c4ccc(O)c5ccccc45)C3=O)cc2)c1. The second kappa shape index (κ2) is 15.2. The predicted octanol–water partition coefficient (Wildman–Crippen LogP) is 9.75. The van der Waals surface area contributed by atoms with E-state index < -0.39 is 35.0 Å². The van der Waals surface area contributed by atoms with E-state index in [1.165, 1.54) is 9.80 Å². The van der Waals surface area contributed by atoms with Crippen molar-refractivity contribution in [3.63, 3.8) is 0 Å². The molecule has 3 fully saturated rings. The molecule has 1 N–H and O–H groups in total. The molecule has 2 heterocycles. The van der Waals surface area contributed by atoms with Gasteiger partial charge in [-0.1, -0.05) is 114 Å². The average Bonchev–Trinajstić information content (AvgIpc) is 3.69. The lowest BCUT2D eigenvalue weighted by Crippen LogP contribution is -2.53. The standard InChI is InChI=1S/C52H41ClN2O7/c1-61-36-21-26-45(62-2)31(27-36)18-15-30-16-19-34(20-17-30)54-48(57)41-23-22-40-42(46(41)50(54)59)29-43-49(58)55(35-12-8-11-33(53)28-35)51(60)52(43,32-9-4-3-5-10-32)47(40)39-24-25-44(56)38-14-7-6-13-37(38)39/h3-22,24-28,41-43,46-47,56H,23,29H2,1-2H3/t41-,42+,43-,46-,47-,52+/m0/s1. The number of methoxy groups -OCH3 is 2. The van der Waals surface area contributed by atoms with E-state index in [2.05, 4.69) is 0 Å². The van der Waals surface area contributed by atoms with Gasteiger partial charge in [0.1, 0.15) is 17.2 Å². The first-order valence-corrected chi connectivity index (χ1v) is 21.0. The van der Waals surface area contributed by atoms with Crippen LogP contribution in [0.4, 0.5) is 11.4 Å². The largest absolute Gasteiger partial charge is 0.507 e. The van der Waals surface area contributed by atoms with Gasteiger partial charge in [-0.3, -0.25) is 24.1 Å². The number of nitrogens with zero attached hydrogens (tertiary/aromatic N) is 2. The highest BCUT2D eigenvalue weighted by molar-refractivity contribution is 6.32. The summed E-state index contributed by atoms with van der Waals surface area (Å²) < 4.78 is 10.9. The summed E-state index contributed by atoms with van der Waals surface area (Å²) in [5.41, 5.74) is 3.31. The number of phenols is 1. The van der Waals surface area contributed by atoms with Gasteiger partial charge in [0, 0.05) is 21.9 Å². The highest BCUT2D eigenvalue weighted by Gasteiger charge is 2.70. The molecular weight excluding hydrogens is 800 g/mol. The molecule has 4 aliphatic rings. The zero-order valence-corrected chi connectivity index (χ0v) is 34.7. The molecular formula is C52H41ClN2O7. The van der Waals surface area contributed by atoms with Crippen LogP contribution < -0.4 is 19.3 Å². The molecule has 0 aromatic heterocycles. The van der Waals surface area contributed by atoms with Gasteiger partial charge >= 0.3 is 0 Å². The summed E-state index contributed by atoms with van der Waals surface area (Å²) in [6.45, 7) is 0. The summed E-state index contributed by atoms with van der Waals surface area (Å²) in [7, 11) is 3.21. The monoisotopic (exact) mass is 840 g/mol. The number of halogens is 1. The van der Waals surface area contributed by atoms with Crippen LogP contribution in [0.5, 0.6) is 17.2 Å². The number of imide groups is 2. The number of allylic oxidation sites excluding steroid dienone is 2. The molecule has 6 aromatic rings. The van der Waals surface area contributed by atoms with Gasteiger partial charge in [-0.2, -0.15) is 0 Å². The van der Waals surface area contributed by atoms with Gasteiger partial charge in [0.15, 0.2) is 0 Å². The number of benzene rings is 6. The van der Waals surface area contributed by atoms with Crippen LogP contribution in [-0.4, -0.2) is 43.0 Å². The molecule has 0 bridgehead atoms. The Hall–Kier alpha value is -6.97. The molecule has 4 amide bonds. The lowest BCUT2D eigenvalue weighted by Gasteiger charge is -2.51. The van der Waals surface area contributed by atoms with Crippen LogP contribution in [0.1, 0.15) is 41.0 Å². The third kappa shape index (κ3) is 5.90. The number of ether oxygens (including phenoxy) is 2. The summed E-state index contributed by atoms with van der Waals surface area (Å²) in [5.74, 6) is -3.57. The van der Waals surface area contributed by atoms with Gasteiger partial charge in [0.2, 0.25) is 23.6 Å². The van der Waals surface area contributed by atoms with Crippen molar-refractivity contribution in [3.8, 4) is 17.2 Å². The zero-order chi connectivity index (χ0) is 42.9. The number of rotatable bonds is 8. The van der Waals surface area contributed by atoms with Crippen molar-refractivity contribution in [2.75, 3.05) is 24.0 Å². The number of anilines is 2. The first-order valence-electron chi connectivity index (χ1n) is 20.6. The van der Waals surface area contributed by atoms with E-state index in [-0.39, 0.29) is 42.2 Å². The lowest BCUT2D eigenvalue weighted by molar-refractivity contribution is -0.127. The van der Waals surface area contributed by atoms with Crippen molar-refractivity contribution >= 4 is 69.5 Å². The molecule has 9 nitrogen and oxygen atoms in total. The van der Waals surface area contributed by atoms with Crippen molar-refractivity contribution in [2.24, 2.45) is 23.7 Å². The number of hydrogen-bond donors (Lipinski definition) is 1. The summed E-state index contributed by atoms with van der Waals surface area (Å²) in [6.07, 6.45) is 6.34. The Morgan fingerprint density at radius 1 is 0.694 bits per heavy atom. The molecule has 1 saturated carbocycles. The lowest BCUT2D eigenvalue weighted by atomic mass is 9.49. The molecule has 10 heteroatoms. The van der Waals surface area contributed by atoms with Crippen molar-refractivity contribution in [2.45, 2.75) is 24.2 Å². The summed E-state index contributed by atoms with van der Waals surface area (Å²) in [4.78, 5) is 62.9. The number of carbonyl (C=O) groups is 4. The Balaban J connectivity index is 1.08. The Kier molecular flexibility index (Phi) is 9.60. The highest BCUT2D eigenvalue weighted by atomic mass is 35.5. The van der Waals surface area contributed by atoms with Gasteiger partial charge in [0.05, 0.1) is 48.8 Å². The summed E-state index contributed by atoms with van der Waals surface area (Å²) in [5, 5.41) is 12.8. The van der Waals surface area contributed by atoms with Crippen molar-refractivity contribution in [1.82, 2.24) is 0 Å². The predicted molar refractivity (Wildman–Crippen MR) is 239 cm³/mol. The zero-order valence-electron chi connectivity index (χ0n) is 33.9. The summed E-state index contributed by atoms with van der Waals surface area (Å²) >= 11 is 6.49. The Morgan fingerprint density at radius 2 is 1.45 bits per heavy atom. The Morgan fingerprint density at radius 3 is 2.19 bits per heavy atom. The topological polar surface area (TPSA) is 113 Å². The van der Waals surface area contributed by atoms with E-state index in [0.717, 1.165) is 27.6 Å². The fourth-order valence-corrected chi connectivity index (χ4v) is 11.0. The third-order valence-electron chi connectivity index (χ3n) is 13.5. The smallest absolute Gasteiger partial charge is 0.246 e. The number of amides is 4. The van der Waals surface area contributed by atoms with Gasteiger partial charge < -0.3 is 14.6 Å². The first kappa shape index (κ1) is 39.2. The van der Waals surface area contributed by atoms with Gasteiger partial charge in [-0.05, 0) is 95.4 Å². The van der Waals surface area contributed by atoms with Gasteiger partial charge in [-0.15, -0.1) is 0 Å². The molecule has 0 radical (unpaired) electrons. The van der Waals surface area contributed by atoms with Crippen LogP contribution in [0.25, 0.3) is 22.9 Å².